The zero-order valence-electron chi connectivity index (χ0n) is 10.9. The predicted molar refractivity (Wildman–Crippen MR) is 72.1 cm³/mol. The summed E-state index contributed by atoms with van der Waals surface area (Å²) in [5.74, 6) is -0.561. The SMILES string of the molecule is CCC(CCO)CNc1ccc(C)cc1C(=O)O. The van der Waals surface area contributed by atoms with Crippen LogP contribution in [0.4, 0.5) is 5.69 Å². The monoisotopic (exact) mass is 251 g/mol. The Morgan fingerprint density at radius 1 is 1.44 bits per heavy atom. The second-order valence-electron chi connectivity index (χ2n) is 4.52. The van der Waals surface area contributed by atoms with E-state index in [-0.39, 0.29) is 6.61 Å². The molecule has 0 fully saturated rings. The molecule has 0 bridgehead atoms. The minimum absolute atomic E-state index is 0.167. The van der Waals surface area contributed by atoms with E-state index in [1.54, 1.807) is 12.1 Å². The first-order chi connectivity index (χ1) is 8.58. The molecule has 0 aromatic heterocycles. The van der Waals surface area contributed by atoms with E-state index in [9.17, 15) is 4.79 Å². The van der Waals surface area contributed by atoms with Gasteiger partial charge in [0.25, 0.3) is 0 Å². The fourth-order valence-electron chi connectivity index (χ4n) is 1.88. The number of hydrogen-bond donors (Lipinski definition) is 3. The normalized spacial score (nSPS) is 12.2. The lowest BCUT2D eigenvalue weighted by molar-refractivity contribution is 0.0697. The first-order valence-electron chi connectivity index (χ1n) is 6.27. The molecular formula is C14H21NO3. The topological polar surface area (TPSA) is 69.6 Å². The highest BCUT2D eigenvalue weighted by Crippen LogP contribution is 2.19. The van der Waals surface area contributed by atoms with Crippen molar-refractivity contribution in [1.82, 2.24) is 0 Å². The molecule has 1 rings (SSSR count). The van der Waals surface area contributed by atoms with Crippen LogP contribution in [0.15, 0.2) is 18.2 Å². The van der Waals surface area contributed by atoms with E-state index in [2.05, 4.69) is 12.2 Å². The van der Waals surface area contributed by atoms with Crippen LogP contribution in [0, 0.1) is 12.8 Å². The molecule has 0 heterocycles. The van der Waals surface area contributed by atoms with Crippen molar-refractivity contribution in [3.05, 3.63) is 29.3 Å². The number of carbonyl (C=O) groups is 1. The molecule has 4 heteroatoms. The Morgan fingerprint density at radius 3 is 2.72 bits per heavy atom. The summed E-state index contributed by atoms with van der Waals surface area (Å²) in [6.45, 7) is 4.78. The fourth-order valence-corrected chi connectivity index (χ4v) is 1.88. The molecule has 0 spiro atoms. The molecule has 0 amide bonds. The Kier molecular flexibility index (Phi) is 5.65. The quantitative estimate of drug-likeness (QED) is 0.696. The molecule has 0 radical (unpaired) electrons. The molecule has 100 valence electrons. The van der Waals surface area contributed by atoms with Crippen LogP contribution in [0.5, 0.6) is 0 Å². The van der Waals surface area contributed by atoms with Gasteiger partial charge in [-0.25, -0.2) is 4.79 Å². The maximum Gasteiger partial charge on any atom is 0.337 e. The summed E-state index contributed by atoms with van der Waals surface area (Å²) in [5.41, 5.74) is 1.87. The first-order valence-corrected chi connectivity index (χ1v) is 6.27. The number of rotatable bonds is 7. The van der Waals surface area contributed by atoms with Crippen LogP contribution >= 0.6 is 0 Å². The second-order valence-corrected chi connectivity index (χ2v) is 4.52. The van der Waals surface area contributed by atoms with E-state index < -0.39 is 5.97 Å². The maximum atomic E-state index is 11.1. The predicted octanol–water partition coefficient (Wildman–Crippen LogP) is 2.51. The third-order valence-electron chi connectivity index (χ3n) is 3.10. The third-order valence-corrected chi connectivity index (χ3v) is 3.10. The zero-order valence-corrected chi connectivity index (χ0v) is 10.9. The van der Waals surface area contributed by atoms with Gasteiger partial charge in [0.15, 0.2) is 0 Å². The highest BCUT2D eigenvalue weighted by Gasteiger charge is 2.11. The van der Waals surface area contributed by atoms with Gasteiger partial charge in [-0.2, -0.15) is 0 Å². The Balaban J connectivity index is 2.74. The van der Waals surface area contributed by atoms with Gasteiger partial charge in [-0.05, 0) is 31.4 Å². The number of aliphatic hydroxyl groups excluding tert-OH is 1. The van der Waals surface area contributed by atoms with Crippen LogP contribution in [-0.2, 0) is 0 Å². The van der Waals surface area contributed by atoms with Crippen molar-refractivity contribution < 1.29 is 15.0 Å². The summed E-state index contributed by atoms with van der Waals surface area (Å²) in [6.07, 6.45) is 1.69. The molecule has 1 aromatic rings. The van der Waals surface area contributed by atoms with E-state index in [0.29, 0.717) is 23.7 Å². The standard InChI is InChI=1S/C14H21NO3/c1-3-11(6-7-16)9-15-13-5-4-10(2)8-12(13)14(17)18/h4-5,8,11,15-16H,3,6-7,9H2,1-2H3,(H,17,18). The minimum atomic E-state index is -0.920. The molecule has 0 saturated carbocycles. The summed E-state index contributed by atoms with van der Waals surface area (Å²) in [5, 5.41) is 21.2. The van der Waals surface area contributed by atoms with Crippen molar-refractivity contribution in [3.63, 3.8) is 0 Å². The second kappa shape index (κ2) is 7.01. The summed E-state index contributed by atoms with van der Waals surface area (Å²) in [7, 11) is 0. The van der Waals surface area contributed by atoms with Gasteiger partial charge >= 0.3 is 5.97 Å². The number of anilines is 1. The Bertz CT molecular complexity index is 404. The smallest absolute Gasteiger partial charge is 0.337 e. The van der Waals surface area contributed by atoms with Gasteiger partial charge < -0.3 is 15.5 Å². The van der Waals surface area contributed by atoms with Crippen LogP contribution in [-0.4, -0.2) is 29.3 Å². The Labute approximate surface area is 108 Å². The molecule has 4 nitrogen and oxygen atoms in total. The van der Waals surface area contributed by atoms with E-state index in [1.807, 2.05) is 13.0 Å². The van der Waals surface area contributed by atoms with Crippen LogP contribution in [0.1, 0.15) is 35.7 Å². The number of hydrogen-bond acceptors (Lipinski definition) is 3. The molecule has 3 N–H and O–H groups in total. The number of carboxylic acid groups (broad SMARTS) is 1. The number of aliphatic hydroxyl groups is 1. The number of aryl methyl sites for hydroxylation is 1. The molecule has 0 saturated heterocycles. The third kappa shape index (κ3) is 4.04. The lowest BCUT2D eigenvalue weighted by Crippen LogP contribution is -2.16. The van der Waals surface area contributed by atoms with Gasteiger partial charge in [0.05, 0.1) is 5.56 Å². The molecule has 1 aromatic carbocycles. The van der Waals surface area contributed by atoms with Gasteiger partial charge in [-0.1, -0.05) is 25.0 Å². The van der Waals surface area contributed by atoms with Crippen molar-refractivity contribution in [2.45, 2.75) is 26.7 Å². The van der Waals surface area contributed by atoms with E-state index in [1.165, 1.54) is 0 Å². The van der Waals surface area contributed by atoms with Gasteiger partial charge in [0.1, 0.15) is 0 Å². The highest BCUT2D eigenvalue weighted by molar-refractivity contribution is 5.94. The van der Waals surface area contributed by atoms with Gasteiger partial charge in [-0.3, -0.25) is 0 Å². The molecule has 0 aliphatic rings. The zero-order chi connectivity index (χ0) is 13.5. The van der Waals surface area contributed by atoms with Crippen LogP contribution in [0.25, 0.3) is 0 Å². The number of nitrogens with one attached hydrogen (secondary N) is 1. The number of benzene rings is 1. The van der Waals surface area contributed by atoms with Crippen LogP contribution in [0.3, 0.4) is 0 Å². The minimum Gasteiger partial charge on any atom is -0.478 e. The van der Waals surface area contributed by atoms with Crippen molar-refractivity contribution in [1.29, 1.82) is 0 Å². The first kappa shape index (κ1) is 14.5. The van der Waals surface area contributed by atoms with Gasteiger partial charge in [-0.15, -0.1) is 0 Å². The largest absolute Gasteiger partial charge is 0.478 e. The van der Waals surface area contributed by atoms with Crippen molar-refractivity contribution in [2.75, 3.05) is 18.5 Å². The van der Waals surface area contributed by atoms with E-state index in [4.69, 9.17) is 10.2 Å². The van der Waals surface area contributed by atoms with Crippen LogP contribution in [0.2, 0.25) is 0 Å². The van der Waals surface area contributed by atoms with Crippen molar-refractivity contribution in [2.24, 2.45) is 5.92 Å². The average Bonchev–Trinajstić information content (AvgIpc) is 2.35. The van der Waals surface area contributed by atoms with Crippen LogP contribution < -0.4 is 5.32 Å². The fraction of sp³-hybridized carbons (Fsp3) is 0.500. The lowest BCUT2D eigenvalue weighted by atomic mass is 10.0. The van der Waals surface area contributed by atoms with E-state index >= 15 is 0 Å². The maximum absolute atomic E-state index is 11.1. The summed E-state index contributed by atoms with van der Waals surface area (Å²) in [6, 6.07) is 5.35. The summed E-state index contributed by atoms with van der Waals surface area (Å²) >= 11 is 0. The highest BCUT2D eigenvalue weighted by atomic mass is 16.4. The molecule has 1 unspecified atom stereocenters. The lowest BCUT2D eigenvalue weighted by Gasteiger charge is -2.16. The molecule has 0 aliphatic carbocycles. The van der Waals surface area contributed by atoms with Gasteiger partial charge in [0, 0.05) is 18.8 Å². The number of carboxylic acids is 1. The van der Waals surface area contributed by atoms with Crippen molar-refractivity contribution in [3.8, 4) is 0 Å². The summed E-state index contributed by atoms with van der Waals surface area (Å²) < 4.78 is 0. The molecule has 1 atom stereocenters. The average molecular weight is 251 g/mol. The molecule has 18 heavy (non-hydrogen) atoms. The Hall–Kier alpha value is -1.55. The molecular weight excluding hydrogens is 230 g/mol. The van der Waals surface area contributed by atoms with Crippen molar-refractivity contribution >= 4 is 11.7 Å². The summed E-state index contributed by atoms with van der Waals surface area (Å²) in [4.78, 5) is 11.1. The van der Waals surface area contributed by atoms with Gasteiger partial charge in [0.2, 0.25) is 0 Å². The Morgan fingerprint density at radius 2 is 2.17 bits per heavy atom. The molecule has 0 aliphatic heterocycles. The number of aromatic carboxylic acids is 1. The van der Waals surface area contributed by atoms with E-state index in [0.717, 1.165) is 18.4 Å².